The maximum Gasteiger partial charge on any atom is 0.186 e. The van der Waals surface area contributed by atoms with Gasteiger partial charge in [-0.15, -0.1) is 0 Å². The van der Waals surface area contributed by atoms with Gasteiger partial charge in [-0.1, -0.05) is 36.4 Å². The van der Waals surface area contributed by atoms with Crippen molar-refractivity contribution >= 4 is 6.29 Å². The molecule has 0 aromatic heterocycles. The van der Waals surface area contributed by atoms with Crippen molar-refractivity contribution in [1.29, 1.82) is 0 Å². The Morgan fingerprint density at radius 3 is 2.46 bits per heavy atom. The van der Waals surface area contributed by atoms with E-state index < -0.39 is 17.9 Å². The predicted octanol–water partition coefficient (Wildman–Crippen LogP) is 4.52. The van der Waals surface area contributed by atoms with Gasteiger partial charge in [-0.25, -0.2) is 8.78 Å². The van der Waals surface area contributed by atoms with Crippen molar-refractivity contribution in [2.24, 2.45) is 5.92 Å². The Bertz CT molecular complexity index is 684. The first-order valence-corrected chi connectivity index (χ1v) is 7.64. The van der Waals surface area contributed by atoms with Gasteiger partial charge in [0.15, 0.2) is 24.2 Å². The van der Waals surface area contributed by atoms with Crippen LogP contribution in [0.3, 0.4) is 0 Å². The lowest BCUT2D eigenvalue weighted by molar-refractivity contribution is -0.200. The molecule has 0 amide bonds. The highest BCUT2D eigenvalue weighted by molar-refractivity contribution is 5.75. The molecule has 0 atom stereocenters. The topological polar surface area (TPSA) is 35.5 Å². The second kappa shape index (κ2) is 8.13. The lowest BCUT2D eigenvalue weighted by Gasteiger charge is -2.30. The summed E-state index contributed by atoms with van der Waals surface area (Å²) >= 11 is 0. The fourth-order valence-corrected chi connectivity index (χ4v) is 2.22. The summed E-state index contributed by atoms with van der Waals surface area (Å²) in [6.45, 7) is 8.50. The third kappa shape index (κ3) is 4.04. The summed E-state index contributed by atoms with van der Waals surface area (Å²) in [4.78, 5) is 10.6. The van der Waals surface area contributed by atoms with Crippen LogP contribution in [0.25, 0.3) is 0 Å². The molecule has 0 saturated carbocycles. The van der Waals surface area contributed by atoms with Crippen molar-refractivity contribution in [1.82, 2.24) is 0 Å². The molecular weight excluding hydrogens is 314 g/mol. The van der Waals surface area contributed by atoms with Gasteiger partial charge in [0.1, 0.15) is 0 Å². The number of ether oxygens (including phenoxy) is 2. The minimum atomic E-state index is -1.19. The van der Waals surface area contributed by atoms with E-state index in [0.29, 0.717) is 13.2 Å². The van der Waals surface area contributed by atoms with Crippen LogP contribution in [-0.4, -0.2) is 19.5 Å². The third-order valence-electron chi connectivity index (χ3n) is 3.96. The van der Waals surface area contributed by atoms with Crippen LogP contribution >= 0.6 is 0 Å². The maximum atomic E-state index is 14.0. The van der Waals surface area contributed by atoms with Crippen LogP contribution in [0.2, 0.25) is 0 Å². The maximum absolute atomic E-state index is 14.0. The van der Waals surface area contributed by atoms with Crippen molar-refractivity contribution in [3.63, 3.8) is 0 Å². The standard InChI is InChI=1S/C19H20F2O3/c1-4-12(2)5-6-13(3)15-10-23-19(24-11-15)16-8-7-14(9-22)17(20)18(16)21/h4-9,15,19H,3,10-11H2,1-2H3/b6-5-,12-4-. The number of allylic oxidation sites excluding steroid dienone is 4. The highest BCUT2D eigenvalue weighted by atomic mass is 19.2. The average molecular weight is 334 g/mol. The van der Waals surface area contributed by atoms with Crippen LogP contribution in [0.1, 0.15) is 36.1 Å². The Hall–Kier alpha value is -2.11. The highest BCUT2D eigenvalue weighted by Crippen LogP contribution is 2.31. The number of carbonyl (C=O) groups excluding carboxylic acids is 1. The summed E-state index contributed by atoms with van der Waals surface area (Å²) < 4.78 is 38.7. The zero-order valence-electron chi connectivity index (χ0n) is 13.7. The van der Waals surface area contributed by atoms with E-state index >= 15 is 0 Å². The van der Waals surface area contributed by atoms with Crippen molar-refractivity contribution in [3.05, 3.63) is 70.8 Å². The number of aldehydes is 1. The molecule has 1 fully saturated rings. The van der Waals surface area contributed by atoms with Gasteiger partial charge in [-0.3, -0.25) is 4.79 Å². The third-order valence-corrected chi connectivity index (χ3v) is 3.96. The number of rotatable bonds is 5. The number of hydrogen-bond acceptors (Lipinski definition) is 3. The predicted molar refractivity (Wildman–Crippen MR) is 87.6 cm³/mol. The molecule has 0 aliphatic carbocycles. The summed E-state index contributed by atoms with van der Waals surface area (Å²) in [6.07, 6.45) is 5.09. The van der Waals surface area contributed by atoms with Crippen LogP contribution < -0.4 is 0 Å². The van der Waals surface area contributed by atoms with Gasteiger partial charge >= 0.3 is 0 Å². The van der Waals surface area contributed by atoms with E-state index in [9.17, 15) is 13.6 Å². The summed E-state index contributed by atoms with van der Waals surface area (Å²) in [5, 5.41) is 0. The lowest BCUT2D eigenvalue weighted by atomic mass is 10.00. The number of hydrogen-bond donors (Lipinski definition) is 0. The Kier molecular flexibility index (Phi) is 6.17. The van der Waals surface area contributed by atoms with Gasteiger partial charge in [0.25, 0.3) is 0 Å². The monoisotopic (exact) mass is 334 g/mol. The van der Waals surface area contributed by atoms with Crippen LogP contribution in [0.15, 0.2) is 48.1 Å². The summed E-state index contributed by atoms with van der Waals surface area (Å²) in [7, 11) is 0. The fraction of sp³-hybridized carbons (Fsp3) is 0.316. The molecule has 128 valence electrons. The second-order valence-corrected chi connectivity index (χ2v) is 5.63. The minimum absolute atomic E-state index is 0.0516. The van der Waals surface area contributed by atoms with Gasteiger partial charge < -0.3 is 9.47 Å². The quantitative estimate of drug-likeness (QED) is 0.587. The molecule has 1 saturated heterocycles. The highest BCUT2D eigenvalue weighted by Gasteiger charge is 2.28. The summed E-state index contributed by atoms with van der Waals surface area (Å²) in [5.41, 5.74) is 1.57. The van der Waals surface area contributed by atoms with Crippen LogP contribution in [-0.2, 0) is 9.47 Å². The Morgan fingerprint density at radius 1 is 1.21 bits per heavy atom. The molecule has 24 heavy (non-hydrogen) atoms. The first-order chi connectivity index (χ1) is 11.5. The van der Waals surface area contributed by atoms with Gasteiger partial charge in [0.2, 0.25) is 0 Å². The SMILES string of the molecule is C=C(/C=C\C(C)=C/C)C1COC(c2ccc(C=O)c(F)c2F)OC1. The van der Waals surface area contributed by atoms with Gasteiger partial charge in [-0.2, -0.15) is 0 Å². The molecule has 3 nitrogen and oxygen atoms in total. The molecule has 1 aliphatic heterocycles. The van der Waals surface area contributed by atoms with Crippen LogP contribution in [0.4, 0.5) is 8.78 Å². The first-order valence-electron chi connectivity index (χ1n) is 7.64. The van der Waals surface area contributed by atoms with Crippen molar-refractivity contribution < 1.29 is 23.0 Å². The molecule has 1 heterocycles. The van der Waals surface area contributed by atoms with Gasteiger partial charge in [0.05, 0.1) is 18.8 Å². The van der Waals surface area contributed by atoms with E-state index in [1.165, 1.54) is 12.1 Å². The van der Waals surface area contributed by atoms with Crippen LogP contribution in [0.5, 0.6) is 0 Å². The first kappa shape index (κ1) is 18.2. The van der Waals surface area contributed by atoms with E-state index in [-0.39, 0.29) is 23.3 Å². The molecule has 0 spiro atoms. The summed E-state index contributed by atoms with van der Waals surface area (Å²) in [5.74, 6) is -2.36. The lowest BCUT2D eigenvalue weighted by Crippen LogP contribution is -2.28. The number of benzene rings is 1. The zero-order chi connectivity index (χ0) is 17.7. The normalized spacial score (nSPS) is 21.9. The molecule has 1 aliphatic rings. The minimum Gasteiger partial charge on any atom is -0.348 e. The largest absolute Gasteiger partial charge is 0.348 e. The van der Waals surface area contributed by atoms with E-state index in [2.05, 4.69) is 6.58 Å². The molecule has 0 radical (unpaired) electrons. The van der Waals surface area contributed by atoms with E-state index in [0.717, 1.165) is 11.1 Å². The van der Waals surface area contributed by atoms with Crippen molar-refractivity contribution in [2.75, 3.05) is 13.2 Å². The molecule has 5 heteroatoms. The molecule has 0 unspecified atom stereocenters. The molecule has 1 aromatic rings. The zero-order valence-corrected chi connectivity index (χ0v) is 13.7. The summed E-state index contributed by atoms with van der Waals surface area (Å²) in [6, 6.07) is 2.51. The molecular formula is C19H20F2O3. The smallest absolute Gasteiger partial charge is 0.186 e. The van der Waals surface area contributed by atoms with Crippen molar-refractivity contribution in [3.8, 4) is 0 Å². The van der Waals surface area contributed by atoms with E-state index in [4.69, 9.17) is 9.47 Å². The Morgan fingerprint density at radius 2 is 1.88 bits per heavy atom. The average Bonchev–Trinajstić information content (AvgIpc) is 2.61. The Labute approximate surface area is 140 Å². The van der Waals surface area contributed by atoms with Gasteiger partial charge in [0, 0.05) is 11.5 Å². The second-order valence-electron chi connectivity index (χ2n) is 5.63. The Balaban J connectivity index is 2.03. The molecule has 2 rings (SSSR count). The van der Waals surface area contributed by atoms with Crippen molar-refractivity contribution in [2.45, 2.75) is 20.1 Å². The molecule has 0 N–H and O–H groups in total. The number of halogens is 2. The molecule has 1 aromatic carbocycles. The fourth-order valence-electron chi connectivity index (χ4n) is 2.22. The van der Waals surface area contributed by atoms with Crippen LogP contribution in [0, 0.1) is 17.6 Å². The number of carbonyl (C=O) groups is 1. The van der Waals surface area contributed by atoms with E-state index in [1.54, 1.807) is 0 Å². The van der Waals surface area contributed by atoms with E-state index in [1.807, 2.05) is 32.1 Å². The van der Waals surface area contributed by atoms with Gasteiger partial charge in [-0.05, 0) is 25.5 Å². The molecule has 0 bridgehead atoms.